The average Bonchev–Trinajstić information content (AvgIpc) is 2.48. The predicted octanol–water partition coefficient (Wildman–Crippen LogP) is 4.08. The SMILES string of the molecule is CCCCOc1ccc(C2OCCC(CC)O2)cc1. The summed E-state index contributed by atoms with van der Waals surface area (Å²) in [5.74, 6) is 0.917. The molecule has 2 atom stereocenters. The highest BCUT2D eigenvalue weighted by atomic mass is 16.7. The van der Waals surface area contributed by atoms with Crippen LogP contribution >= 0.6 is 0 Å². The zero-order valence-electron chi connectivity index (χ0n) is 11.9. The summed E-state index contributed by atoms with van der Waals surface area (Å²) in [6.07, 6.45) is 4.38. The summed E-state index contributed by atoms with van der Waals surface area (Å²) in [7, 11) is 0. The fraction of sp³-hybridized carbons (Fsp3) is 0.625. The van der Waals surface area contributed by atoms with E-state index in [0.717, 1.165) is 50.2 Å². The minimum atomic E-state index is -0.219. The van der Waals surface area contributed by atoms with E-state index >= 15 is 0 Å². The Hall–Kier alpha value is -1.06. The molecule has 0 aliphatic carbocycles. The molecular weight excluding hydrogens is 240 g/mol. The molecular formula is C16H24O3. The second-order valence-electron chi connectivity index (χ2n) is 4.93. The van der Waals surface area contributed by atoms with Crippen molar-refractivity contribution in [2.75, 3.05) is 13.2 Å². The lowest BCUT2D eigenvalue weighted by Gasteiger charge is -2.29. The van der Waals surface area contributed by atoms with Crippen molar-refractivity contribution in [3.63, 3.8) is 0 Å². The van der Waals surface area contributed by atoms with E-state index in [1.54, 1.807) is 0 Å². The van der Waals surface area contributed by atoms with Gasteiger partial charge in [-0.2, -0.15) is 0 Å². The van der Waals surface area contributed by atoms with Crippen molar-refractivity contribution in [1.29, 1.82) is 0 Å². The first-order chi connectivity index (χ1) is 9.33. The van der Waals surface area contributed by atoms with Crippen LogP contribution in [0.2, 0.25) is 0 Å². The Labute approximate surface area is 115 Å². The van der Waals surface area contributed by atoms with Crippen molar-refractivity contribution >= 4 is 0 Å². The largest absolute Gasteiger partial charge is 0.494 e. The summed E-state index contributed by atoms with van der Waals surface area (Å²) in [6, 6.07) is 8.05. The van der Waals surface area contributed by atoms with Crippen LogP contribution in [0.4, 0.5) is 0 Å². The van der Waals surface area contributed by atoms with Crippen LogP contribution in [0.3, 0.4) is 0 Å². The number of benzene rings is 1. The Morgan fingerprint density at radius 2 is 2.00 bits per heavy atom. The van der Waals surface area contributed by atoms with Crippen molar-refractivity contribution in [1.82, 2.24) is 0 Å². The summed E-state index contributed by atoms with van der Waals surface area (Å²) in [5, 5.41) is 0. The van der Waals surface area contributed by atoms with Crippen LogP contribution in [0.15, 0.2) is 24.3 Å². The van der Waals surface area contributed by atoms with Gasteiger partial charge in [-0.1, -0.05) is 32.4 Å². The zero-order chi connectivity index (χ0) is 13.5. The van der Waals surface area contributed by atoms with Gasteiger partial charge in [0.2, 0.25) is 0 Å². The van der Waals surface area contributed by atoms with E-state index in [1.165, 1.54) is 0 Å². The molecule has 3 heteroatoms. The van der Waals surface area contributed by atoms with Gasteiger partial charge in [0.15, 0.2) is 6.29 Å². The molecule has 1 aliphatic heterocycles. The van der Waals surface area contributed by atoms with E-state index < -0.39 is 0 Å². The average molecular weight is 264 g/mol. The standard InChI is InChI=1S/C16H24O3/c1-3-5-11-17-15-8-6-13(7-9-15)16-18-12-10-14(4-2)19-16/h6-9,14,16H,3-5,10-12H2,1-2H3. The Balaban J connectivity index is 1.90. The Morgan fingerprint density at radius 3 is 2.68 bits per heavy atom. The second kappa shape index (κ2) is 7.51. The maximum Gasteiger partial charge on any atom is 0.184 e. The minimum absolute atomic E-state index is 0.219. The molecule has 0 amide bonds. The number of unbranched alkanes of at least 4 members (excludes halogenated alkanes) is 1. The smallest absolute Gasteiger partial charge is 0.184 e. The molecule has 19 heavy (non-hydrogen) atoms. The zero-order valence-corrected chi connectivity index (χ0v) is 11.9. The molecule has 1 aromatic carbocycles. The van der Waals surface area contributed by atoms with E-state index in [4.69, 9.17) is 14.2 Å². The quantitative estimate of drug-likeness (QED) is 0.725. The molecule has 0 N–H and O–H groups in total. The summed E-state index contributed by atoms with van der Waals surface area (Å²) >= 11 is 0. The van der Waals surface area contributed by atoms with Gasteiger partial charge in [-0.25, -0.2) is 0 Å². The summed E-state index contributed by atoms with van der Waals surface area (Å²) in [5.41, 5.74) is 1.07. The first kappa shape index (κ1) is 14.4. The Kier molecular flexibility index (Phi) is 5.67. The van der Waals surface area contributed by atoms with E-state index in [-0.39, 0.29) is 6.29 Å². The van der Waals surface area contributed by atoms with Gasteiger partial charge in [0.1, 0.15) is 5.75 Å². The lowest BCUT2D eigenvalue weighted by molar-refractivity contribution is -0.217. The third-order valence-electron chi connectivity index (χ3n) is 3.40. The van der Waals surface area contributed by atoms with Crippen LogP contribution in [0, 0.1) is 0 Å². The molecule has 106 valence electrons. The maximum atomic E-state index is 5.90. The van der Waals surface area contributed by atoms with Crippen molar-refractivity contribution in [3.05, 3.63) is 29.8 Å². The fourth-order valence-corrected chi connectivity index (χ4v) is 2.12. The molecule has 1 saturated heterocycles. The normalized spacial score (nSPS) is 23.3. The minimum Gasteiger partial charge on any atom is -0.494 e. The monoisotopic (exact) mass is 264 g/mol. The molecule has 2 unspecified atom stereocenters. The molecule has 1 heterocycles. The Morgan fingerprint density at radius 1 is 1.21 bits per heavy atom. The highest BCUT2D eigenvalue weighted by molar-refractivity contribution is 5.28. The molecule has 1 aromatic rings. The maximum absolute atomic E-state index is 5.90. The van der Waals surface area contributed by atoms with E-state index in [1.807, 2.05) is 24.3 Å². The van der Waals surface area contributed by atoms with Crippen molar-refractivity contribution < 1.29 is 14.2 Å². The van der Waals surface area contributed by atoms with Crippen LogP contribution in [0.25, 0.3) is 0 Å². The highest BCUT2D eigenvalue weighted by Gasteiger charge is 2.22. The van der Waals surface area contributed by atoms with Crippen molar-refractivity contribution in [3.8, 4) is 5.75 Å². The molecule has 0 bridgehead atoms. The van der Waals surface area contributed by atoms with Gasteiger partial charge in [0, 0.05) is 5.56 Å². The fourth-order valence-electron chi connectivity index (χ4n) is 2.12. The van der Waals surface area contributed by atoms with Gasteiger partial charge in [0.25, 0.3) is 0 Å². The molecule has 3 nitrogen and oxygen atoms in total. The highest BCUT2D eigenvalue weighted by Crippen LogP contribution is 2.28. The Bertz CT molecular complexity index is 361. The van der Waals surface area contributed by atoms with Gasteiger partial charge in [0.05, 0.1) is 19.3 Å². The second-order valence-corrected chi connectivity index (χ2v) is 4.93. The molecule has 2 rings (SSSR count). The summed E-state index contributed by atoms with van der Waals surface area (Å²) in [6.45, 7) is 5.87. The van der Waals surface area contributed by atoms with E-state index in [9.17, 15) is 0 Å². The third-order valence-corrected chi connectivity index (χ3v) is 3.40. The van der Waals surface area contributed by atoms with Gasteiger partial charge in [-0.05, 0) is 31.4 Å². The lowest BCUT2D eigenvalue weighted by atomic mass is 10.1. The van der Waals surface area contributed by atoms with Gasteiger partial charge < -0.3 is 14.2 Å². The van der Waals surface area contributed by atoms with Gasteiger partial charge in [-0.15, -0.1) is 0 Å². The van der Waals surface area contributed by atoms with Crippen LogP contribution < -0.4 is 4.74 Å². The van der Waals surface area contributed by atoms with E-state index in [0.29, 0.717) is 6.10 Å². The molecule has 0 saturated carbocycles. The van der Waals surface area contributed by atoms with Crippen LogP contribution in [0.1, 0.15) is 51.4 Å². The molecule has 1 fully saturated rings. The summed E-state index contributed by atoms with van der Waals surface area (Å²) < 4.78 is 17.2. The number of ether oxygens (including phenoxy) is 3. The van der Waals surface area contributed by atoms with E-state index in [2.05, 4.69) is 13.8 Å². The van der Waals surface area contributed by atoms with Crippen molar-refractivity contribution in [2.24, 2.45) is 0 Å². The number of rotatable bonds is 6. The van der Waals surface area contributed by atoms with Gasteiger partial charge in [-0.3, -0.25) is 0 Å². The molecule has 0 aromatic heterocycles. The summed E-state index contributed by atoms with van der Waals surface area (Å²) in [4.78, 5) is 0. The van der Waals surface area contributed by atoms with Crippen LogP contribution in [-0.4, -0.2) is 19.3 Å². The van der Waals surface area contributed by atoms with Crippen LogP contribution in [-0.2, 0) is 9.47 Å². The number of hydrogen-bond donors (Lipinski definition) is 0. The third kappa shape index (κ3) is 4.22. The topological polar surface area (TPSA) is 27.7 Å². The first-order valence-corrected chi connectivity index (χ1v) is 7.33. The molecule has 1 aliphatic rings. The van der Waals surface area contributed by atoms with Gasteiger partial charge >= 0.3 is 0 Å². The first-order valence-electron chi connectivity index (χ1n) is 7.33. The molecule has 0 spiro atoms. The van der Waals surface area contributed by atoms with Crippen LogP contribution in [0.5, 0.6) is 5.75 Å². The lowest BCUT2D eigenvalue weighted by Crippen LogP contribution is -2.26. The predicted molar refractivity (Wildman–Crippen MR) is 75.3 cm³/mol. The van der Waals surface area contributed by atoms with Crippen molar-refractivity contribution in [2.45, 2.75) is 51.9 Å². The number of hydrogen-bond acceptors (Lipinski definition) is 3. The molecule has 0 radical (unpaired) electrons.